The third-order valence-corrected chi connectivity index (χ3v) is 8.32. The second-order valence-electron chi connectivity index (χ2n) is 10.1. The highest BCUT2D eigenvalue weighted by molar-refractivity contribution is 7.26. The van der Waals surface area contributed by atoms with Gasteiger partial charge in [0.05, 0.1) is 10.4 Å². The smallest absolute Gasteiger partial charge is 0.0880 e. The van der Waals surface area contributed by atoms with Crippen LogP contribution in [0, 0.1) is 20.8 Å². The summed E-state index contributed by atoms with van der Waals surface area (Å²) in [6.07, 6.45) is 1.97. The summed E-state index contributed by atoms with van der Waals surface area (Å²) in [5.74, 6) is 0.449. The lowest BCUT2D eigenvalue weighted by molar-refractivity contribution is 0.876. The Labute approximate surface area is 211 Å². The molecule has 0 aliphatic heterocycles. The molecule has 6 rings (SSSR count). The van der Waals surface area contributed by atoms with Gasteiger partial charge in [-0.1, -0.05) is 67.9 Å². The van der Waals surface area contributed by atoms with Crippen LogP contribution in [0.5, 0.6) is 0 Å². The van der Waals surface area contributed by atoms with Gasteiger partial charge in [0.15, 0.2) is 0 Å². The minimum atomic E-state index is 0.449. The van der Waals surface area contributed by atoms with Crippen molar-refractivity contribution in [1.29, 1.82) is 0 Å². The molecule has 0 bridgehead atoms. The number of nitrogens with zero attached hydrogens (tertiary/aromatic N) is 1. The first-order valence-electron chi connectivity index (χ1n) is 12.3. The van der Waals surface area contributed by atoms with Gasteiger partial charge in [0, 0.05) is 27.2 Å². The van der Waals surface area contributed by atoms with E-state index in [1.165, 1.54) is 69.9 Å². The van der Waals surface area contributed by atoms with Crippen LogP contribution >= 0.6 is 11.3 Å². The molecule has 0 aliphatic rings. The summed E-state index contributed by atoms with van der Waals surface area (Å²) in [6, 6.07) is 27.1. The summed E-state index contributed by atoms with van der Waals surface area (Å²) in [4.78, 5) is 4.91. The van der Waals surface area contributed by atoms with Gasteiger partial charge in [-0.2, -0.15) is 0 Å². The third-order valence-electron chi connectivity index (χ3n) is 7.14. The number of aryl methyl sites for hydroxylation is 3. The fourth-order valence-corrected chi connectivity index (χ4v) is 6.90. The Kier molecular flexibility index (Phi) is 5.23. The van der Waals surface area contributed by atoms with E-state index in [0.717, 1.165) is 5.69 Å². The highest BCUT2D eigenvalue weighted by Gasteiger charge is 2.16. The van der Waals surface area contributed by atoms with E-state index in [-0.39, 0.29) is 0 Å². The Balaban J connectivity index is 1.58. The molecule has 6 aromatic rings. The molecular weight excluding hydrogens is 442 g/mol. The lowest BCUT2D eigenvalue weighted by Gasteiger charge is -2.13. The number of aromatic nitrogens is 1. The van der Waals surface area contributed by atoms with Gasteiger partial charge in [0.1, 0.15) is 0 Å². The van der Waals surface area contributed by atoms with E-state index in [2.05, 4.69) is 107 Å². The molecule has 0 amide bonds. The molecule has 1 nitrogen and oxygen atoms in total. The van der Waals surface area contributed by atoms with E-state index < -0.39 is 0 Å². The fourth-order valence-electron chi connectivity index (χ4n) is 5.65. The van der Waals surface area contributed by atoms with Crippen molar-refractivity contribution in [3.8, 4) is 22.4 Å². The van der Waals surface area contributed by atoms with Gasteiger partial charge in [-0.15, -0.1) is 11.3 Å². The van der Waals surface area contributed by atoms with Crippen LogP contribution in [0.15, 0.2) is 79.0 Å². The van der Waals surface area contributed by atoms with Crippen molar-refractivity contribution in [3.63, 3.8) is 0 Å². The molecule has 0 N–H and O–H groups in total. The van der Waals surface area contributed by atoms with E-state index in [1.54, 1.807) is 0 Å². The molecule has 4 aromatic carbocycles. The van der Waals surface area contributed by atoms with Crippen LogP contribution in [0.1, 0.15) is 42.0 Å². The zero-order valence-electron chi connectivity index (χ0n) is 20.9. The molecule has 0 atom stereocenters. The standard InChI is InChI=1S/C33H29NS/c1-19(2)29-17-25(16-23-8-6-7-9-26(23)29)32-33-28(12-13-34-32)27-11-10-24(18-30(27)35-33)31-21(4)14-20(3)15-22(31)5/h6-19H,1-5H3. The van der Waals surface area contributed by atoms with Crippen LogP contribution in [0.25, 0.3) is 53.3 Å². The first kappa shape index (κ1) is 22.0. The second-order valence-corrected chi connectivity index (χ2v) is 11.1. The number of fused-ring (bicyclic) bond motifs is 4. The van der Waals surface area contributed by atoms with Crippen LogP contribution in [-0.4, -0.2) is 4.98 Å². The summed E-state index contributed by atoms with van der Waals surface area (Å²) in [5.41, 5.74) is 10.3. The van der Waals surface area contributed by atoms with Gasteiger partial charge < -0.3 is 0 Å². The first-order valence-corrected chi connectivity index (χ1v) is 13.1. The van der Waals surface area contributed by atoms with Crippen LogP contribution < -0.4 is 0 Å². The lowest BCUT2D eigenvalue weighted by atomic mass is 9.92. The highest BCUT2D eigenvalue weighted by Crippen LogP contribution is 2.42. The minimum Gasteiger partial charge on any atom is -0.255 e. The van der Waals surface area contributed by atoms with Gasteiger partial charge in [-0.25, -0.2) is 0 Å². The molecule has 0 unspecified atom stereocenters. The monoisotopic (exact) mass is 471 g/mol. The summed E-state index contributed by atoms with van der Waals surface area (Å²) in [6.45, 7) is 11.2. The maximum absolute atomic E-state index is 4.91. The maximum atomic E-state index is 4.91. The molecule has 0 spiro atoms. The van der Waals surface area contributed by atoms with Crippen molar-refractivity contribution in [2.75, 3.05) is 0 Å². The molecule has 2 heterocycles. The maximum Gasteiger partial charge on any atom is 0.0880 e. The predicted molar refractivity (Wildman–Crippen MR) is 154 cm³/mol. The Morgan fingerprint density at radius 1 is 0.714 bits per heavy atom. The average molecular weight is 472 g/mol. The zero-order valence-corrected chi connectivity index (χ0v) is 21.8. The van der Waals surface area contributed by atoms with Crippen molar-refractivity contribution in [2.45, 2.75) is 40.5 Å². The van der Waals surface area contributed by atoms with Crippen molar-refractivity contribution in [1.82, 2.24) is 4.98 Å². The van der Waals surface area contributed by atoms with Crippen LogP contribution in [-0.2, 0) is 0 Å². The quantitative estimate of drug-likeness (QED) is 0.250. The number of hydrogen-bond acceptors (Lipinski definition) is 2. The predicted octanol–water partition coefficient (Wildman–Crippen LogP) is 9.99. The number of pyridine rings is 1. The van der Waals surface area contributed by atoms with Crippen molar-refractivity contribution in [3.05, 3.63) is 101 Å². The summed E-state index contributed by atoms with van der Waals surface area (Å²) < 4.78 is 2.58. The number of rotatable bonds is 3. The third kappa shape index (κ3) is 3.64. The second kappa shape index (κ2) is 8.32. The summed E-state index contributed by atoms with van der Waals surface area (Å²) >= 11 is 1.86. The molecule has 2 heteroatoms. The number of thiophene rings is 1. The Morgan fingerprint density at radius 3 is 2.26 bits per heavy atom. The number of hydrogen-bond donors (Lipinski definition) is 0. The molecule has 0 saturated carbocycles. The van der Waals surface area contributed by atoms with Gasteiger partial charge in [0.25, 0.3) is 0 Å². The van der Waals surface area contributed by atoms with Crippen molar-refractivity contribution < 1.29 is 0 Å². The number of benzene rings is 4. The van der Waals surface area contributed by atoms with Gasteiger partial charge in [0.2, 0.25) is 0 Å². The van der Waals surface area contributed by atoms with E-state index in [1.807, 2.05) is 17.5 Å². The van der Waals surface area contributed by atoms with E-state index in [9.17, 15) is 0 Å². The van der Waals surface area contributed by atoms with Crippen LogP contribution in [0.3, 0.4) is 0 Å². The molecule has 0 saturated heterocycles. The lowest BCUT2D eigenvalue weighted by Crippen LogP contribution is -1.92. The molecule has 2 aromatic heterocycles. The largest absolute Gasteiger partial charge is 0.255 e. The van der Waals surface area contributed by atoms with Crippen molar-refractivity contribution in [2.24, 2.45) is 0 Å². The van der Waals surface area contributed by atoms with E-state index in [0.29, 0.717) is 5.92 Å². The van der Waals surface area contributed by atoms with Crippen LogP contribution in [0.4, 0.5) is 0 Å². The van der Waals surface area contributed by atoms with Crippen molar-refractivity contribution >= 4 is 42.3 Å². The van der Waals surface area contributed by atoms with E-state index >= 15 is 0 Å². The minimum absolute atomic E-state index is 0.449. The Morgan fingerprint density at radius 2 is 1.49 bits per heavy atom. The molecule has 35 heavy (non-hydrogen) atoms. The molecule has 0 radical (unpaired) electrons. The highest BCUT2D eigenvalue weighted by atomic mass is 32.1. The average Bonchev–Trinajstić information content (AvgIpc) is 3.20. The van der Waals surface area contributed by atoms with E-state index in [4.69, 9.17) is 4.98 Å². The summed E-state index contributed by atoms with van der Waals surface area (Å²) in [5, 5.41) is 5.22. The van der Waals surface area contributed by atoms with Crippen LogP contribution in [0.2, 0.25) is 0 Å². The Hall–Kier alpha value is -3.49. The zero-order chi connectivity index (χ0) is 24.3. The molecule has 0 fully saturated rings. The van der Waals surface area contributed by atoms with Gasteiger partial charge >= 0.3 is 0 Å². The molecule has 172 valence electrons. The van der Waals surface area contributed by atoms with Gasteiger partial charge in [-0.05, 0) is 89.5 Å². The Bertz CT molecular complexity index is 1730. The fraction of sp³-hybridized carbons (Fsp3) is 0.182. The summed E-state index contributed by atoms with van der Waals surface area (Å²) in [7, 11) is 0. The van der Waals surface area contributed by atoms with Gasteiger partial charge in [-0.3, -0.25) is 4.98 Å². The molecular formula is C33H29NS. The first-order chi connectivity index (χ1) is 16.9. The topological polar surface area (TPSA) is 12.9 Å². The normalized spacial score (nSPS) is 11.8. The SMILES string of the molecule is Cc1cc(C)c(-c2ccc3c(c2)sc2c(-c4cc(C(C)C)c5ccccc5c4)nccc23)c(C)c1. The molecule has 0 aliphatic carbocycles.